The first kappa shape index (κ1) is 27.6. The molecular formula is C22H46O3Sn2. The van der Waals surface area contributed by atoms with Crippen molar-refractivity contribution in [3.05, 3.63) is 24.7 Å². The monoisotopic (exact) mass is 598 g/mol. The first-order valence-corrected chi connectivity index (χ1v) is 24.1. The fraction of sp³-hybridized carbons (Fsp3) is 0.818. The van der Waals surface area contributed by atoms with Crippen LogP contribution in [-0.2, 0) is 7.56 Å². The van der Waals surface area contributed by atoms with Crippen LogP contribution in [0.1, 0.15) is 92.9 Å². The minimum absolute atomic E-state index is 1.16. The zero-order chi connectivity index (χ0) is 20.4. The third-order valence-corrected chi connectivity index (χ3v) is 37.2. The Morgan fingerprint density at radius 1 is 0.556 bits per heavy atom. The zero-order valence-electron chi connectivity index (χ0n) is 19.0. The molecule has 0 heterocycles. The molecule has 0 aliphatic heterocycles. The molecule has 0 fully saturated rings. The fourth-order valence-corrected chi connectivity index (χ4v) is 44.4. The molecule has 0 aliphatic rings. The van der Waals surface area contributed by atoms with E-state index in [4.69, 9.17) is 7.56 Å². The van der Waals surface area contributed by atoms with Crippen molar-refractivity contribution in [1.82, 2.24) is 0 Å². The third kappa shape index (κ3) is 12.0. The van der Waals surface area contributed by atoms with Crippen molar-refractivity contribution in [2.24, 2.45) is 0 Å². The molecule has 0 spiro atoms. The number of unbranched alkanes of at least 4 members (excludes halogenated alkanes) is 4. The SMILES string of the molecule is CC=C[O][Sn]([CH2]CCC)([CH2]CCC)[O][Sn]([CH2]CCC)([CH2]CCC)[O]C=CC. The summed E-state index contributed by atoms with van der Waals surface area (Å²) in [5.41, 5.74) is 0. The molecule has 5 heteroatoms. The summed E-state index contributed by atoms with van der Waals surface area (Å²) in [7, 11) is 0. The van der Waals surface area contributed by atoms with Gasteiger partial charge in [-0.2, -0.15) is 0 Å². The molecule has 0 aromatic rings. The number of hydrogen-bond acceptors (Lipinski definition) is 3. The summed E-state index contributed by atoms with van der Waals surface area (Å²) < 4.78 is 25.0. The Bertz CT molecular complexity index is 345. The van der Waals surface area contributed by atoms with E-state index >= 15 is 0 Å². The van der Waals surface area contributed by atoms with Gasteiger partial charge in [-0.05, 0) is 0 Å². The van der Waals surface area contributed by atoms with E-state index in [0.29, 0.717) is 0 Å². The van der Waals surface area contributed by atoms with Crippen molar-refractivity contribution in [3.8, 4) is 0 Å². The molecule has 0 bridgehead atoms. The van der Waals surface area contributed by atoms with Gasteiger partial charge in [0.05, 0.1) is 0 Å². The van der Waals surface area contributed by atoms with Crippen molar-refractivity contribution < 1.29 is 7.56 Å². The number of hydrogen-bond donors (Lipinski definition) is 0. The van der Waals surface area contributed by atoms with Crippen LogP contribution in [-0.4, -0.2) is 38.4 Å². The van der Waals surface area contributed by atoms with Crippen molar-refractivity contribution in [3.63, 3.8) is 0 Å². The van der Waals surface area contributed by atoms with E-state index in [2.05, 4.69) is 27.7 Å². The van der Waals surface area contributed by atoms with Crippen LogP contribution in [0.25, 0.3) is 0 Å². The van der Waals surface area contributed by atoms with E-state index in [1.54, 1.807) is 0 Å². The summed E-state index contributed by atoms with van der Waals surface area (Å²) in [4.78, 5) is 0. The van der Waals surface area contributed by atoms with Gasteiger partial charge in [-0.15, -0.1) is 0 Å². The van der Waals surface area contributed by atoms with Crippen LogP contribution >= 0.6 is 0 Å². The molecule has 0 amide bonds. The average Bonchev–Trinajstić information content (AvgIpc) is 2.70. The van der Waals surface area contributed by atoms with Gasteiger partial charge in [0.2, 0.25) is 0 Å². The molecule has 0 saturated carbocycles. The molecule has 0 aromatic carbocycles. The van der Waals surface area contributed by atoms with Gasteiger partial charge in [-0.3, -0.25) is 0 Å². The molecule has 3 nitrogen and oxygen atoms in total. The molecule has 27 heavy (non-hydrogen) atoms. The number of rotatable bonds is 18. The van der Waals surface area contributed by atoms with Gasteiger partial charge in [0, 0.05) is 0 Å². The zero-order valence-corrected chi connectivity index (χ0v) is 24.7. The standard InChI is InChI=1S/4C4H9.2C3H6O.O.2Sn/c4*1-3-4-2;2*1-2-3-4;;;/h4*1,3-4H2,2H3;2*2-4H,1H3;;;/q;;;;;;;2*+1/p-2. The van der Waals surface area contributed by atoms with Gasteiger partial charge >= 0.3 is 181 Å². The van der Waals surface area contributed by atoms with Gasteiger partial charge in [0.25, 0.3) is 0 Å². The Hall–Kier alpha value is 0.637. The van der Waals surface area contributed by atoms with Crippen LogP contribution in [0, 0.1) is 0 Å². The van der Waals surface area contributed by atoms with Crippen molar-refractivity contribution in [2.75, 3.05) is 0 Å². The molecule has 0 saturated heterocycles. The molecule has 0 rings (SSSR count). The third-order valence-electron chi connectivity index (χ3n) is 4.85. The van der Waals surface area contributed by atoms with Gasteiger partial charge in [0.15, 0.2) is 0 Å². The number of allylic oxidation sites excluding steroid dienone is 2. The summed E-state index contributed by atoms with van der Waals surface area (Å²) in [5, 5.41) is 0. The normalized spacial score (nSPS) is 13.0. The second kappa shape index (κ2) is 17.5. The first-order chi connectivity index (χ1) is 13.1. The second-order valence-electron chi connectivity index (χ2n) is 7.51. The van der Waals surface area contributed by atoms with Crippen LogP contribution in [0.15, 0.2) is 24.7 Å². The van der Waals surface area contributed by atoms with E-state index in [1.807, 2.05) is 38.5 Å². The van der Waals surface area contributed by atoms with Crippen LogP contribution in [0.5, 0.6) is 0 Å². The molecule has 0 aliphatic carbocycles. The maximum absolute atomic E-state index is 7.31. The van der Waals surface area contributed by atoms with E-state index in [1.165, 1.54) is 51.4 Å². The van der Waals surface area contributed by atoms with Crippen molar-refractivity contribution in [2.45, 2.75) is 111 Å². The van der Waals surface area contributed by atoms with Crippen LogP contribution in [0.3, 0.4) is 0 Å². The maximum atomic E-state index is 7.31. The summed E-state index contributed by atoms with van der Waals surface area (Å²) in [6.07, 6.45) is 17.6. The topological polar surface area (TPSA) is 27.7 Å². The van der Waals surface area contributed by atoms with E-state index in [-0.39, 0.29) is 0 Å². The van der Waals surface area contributed by atoms with Crippen molar-refractivity contribution >= 4 is 38.4 Å². The molecule has 0 N–H and O–H groups in total. The Balaban J connectivity index is 5.81. The predicted octanol–water partition coefficient (Wildman–Crippen LogP) is 8.19. The van der Waals surface area contributed by atoms with E-state index in [0.717, 1.165) is 17.7 Å². The summed E-state index contributed by atoms with van der Waals surface area (Å²) in [6.45, 7) is 13.2. The van der Waals surface area contributed by atoms with Crippen LogP contribution in [0.4, 0.5) is 0 Å². The summed E-state index contributed by atoms with van der Waals surface area (Å²) in [5.74, 6) is 0. The molecule has 160 valence electrons. The Morgan fingerprint density at radius 2 is 0.852 bits per heavy atom. The Labute approximate surface area is 180 Å². The quantitative estimate of drug-likeness (QED) is 0.118. The van der Waals surface area contributed by atoms with Crippen LogP contribution in [0.2, 0.25) is 17.7 Å². The summed E-state index contributed by atoms with van der Waals surface area (Å²) >= 11 is -6.42. The minimum atomic E-state index is -3.21. The van der Waals surface area contributed by atoms with Gasteiger partial charge in [0.1, 0.15) is 0 Å². The summed E-state index contributed by atoms with van der Waals surface area (Å²) in [6, 6.07) is 0. The van der Waals surface area contributed by atoms with Gasteiger partial charge in [-0.1, -0.05) is 0 Å². The van der Waals surface area contributed by atoms with Crippen LogP contribution < -0.4 is 0 Å². The first-order valence-electron chi connectivity index (χ1n) is 11.4. The average molecular weight is 596 g/mol. The van der Waals surface area contributed by atoms with E-state index < -0.39 is 38.4 Å². The predicted molar refractivity (Wildman–Crippen MR) is 123 cm³/mol. The Morgan fingerprint density at radius 3 is 1.07 bits per heavy atom. The second-order valence-corrected chi connectivity index (χ2v) is 29.5. The van der Waals surface area contributed by atoms with E-state index in [9.17, 15) is 0 Å². The van der Waals surface area contributed by atoms with Crippen molar-refractivity contribution in [1.29, 1.82) is 0 Å². The fourth-order valence-electron chi connectivity index (χ4n) is 3.25. The Kier molecular flexibility index (Phi) is 17.9. The molecule has 0 aromatic heterocycles. The molecule has 0 unspecified atom stereocenters. The molecule has 0 atom stereocenters. The van der Waals surface area contributed by atoms with Gasteiger partial charge in [-0.25, -0.2) is 0 Å². The van der Waals surface area contributed by atoms with Gasteiger partial charge < -0.3 is 0 Å². The molecule has 0 radical (unpaired) electrons. The molecular weight excluding hydrogens is 550 g/mol.